The summed E-state index contributed by atoms with van der Waals surface area (Å²) in [5.74, 6) is 0. The smallest absolute Gasteiger partial charge is 0.106 e. The molecular weight excluding hydrogens is 707 g/mol. The van der Waals surface area contributed by atoms with Gasteiger partial charge in [0.05, 0.1) is 22.1 Å². The minimum Gasteiger partial charge on any atom is -0.248 e. The van der Waals surface area contributed by atoms with Gasteiger partial charge in [0.25, 0.3) is 0 Å². The minimum atomic E-state index is 0.735. The van der Waals surface area contributed by atoms with Gasteiger partial charge in [-0.15, -0.1) is 10.2 Å². The van der Waals surface area contributed by atoms with Gasteiger partial charge in [-0.05, 0) is 85.4 Å². The Hall–Kier alpha value is -7.89. The molecule has 268 valence electrons. The van der Waals surface area contributed by atoms with Gasteiger partial charge < -0.3 is 0 Å². The second-order valence-electron chi connectivity index (χ2n) is 14.8. The molecule has 0 bridgehead atoms. The molecule has 3 heterocycles. The summed E-state index contributed by atoms with van der Waals surface area (Å²) in [7, 11) is 0. The van der Waals surface area contributed by atoms with E-state index in [1.165, 1.54) is 5.39 Å². The molecule has 1 aromatic heterocycles. The molecule has 0 atom stereocenters. The van der Waals surface area contributed by atoms with E-state index in [0.29, 0.717) is 0 Å². The molecule has 0 unspecified atom stereocenters. The second-order valence-corrected chi connectivity index (χ2v) is 14.8. The van der Waals surface area contributed by atoms with Gasteiger partial charge in [-0.3, -0.25) is 0 Å². The zero-order chi connectivity index (χ0) is 38.2. The summed E-state index contributed by atoms with van der Waals surface area (Å²) >= 11 is 0. The highest BCUT2D eigenvalue weighted by Crippen LogP contribution is 2.53. The predicted molar refractivity (Wildman–Crippen MR) is 233 cm³/mol. The fourth-order valence-electron chi connectivity index (χ4n) is 9.02. The van der Waals surface area contributed by atoms with E-state index in [4.69, 9.17) is 20.2 Å². The first-order valence-electron chi connectivity index (χ1n) is 19.5. The number of benzene rings is 9. The van der Waals surface area contributed by atoms with Crippen LogP contribution < -0.4 is 10.7 Å². The molecule has 0 amide bonds. The molecule has 12 rings (SSSR count). The third kappa shape index (κ3) is 4.93. The number of hydrogen-bond donors (Lipinski definition) is 0. The van der Waals surface area contributed by atoms with Gasteiger partial charge in [-0.1, -0.05) is 152 Å². The summed E-state index contributed by atoms with van der Waals surface area (Å²) < 4.78 is 0. The highest BCUT2D eigenvalue weighted by molar-refractivity contribution is 6.15. The maximum atomic E-state index is 5.28. The van der Waals surface area contributed by atoms with Gasteiger partial charge in [0.15, 0.2) is 0 Å². The van der Waals surface area contributed by atoms with Crippen molar-refractivity contribution in [2.45, 2.75) is 0 Å². The van der Waals surface area contributed by atoms with Crippen LogP contribution in [0.25, 0.3) is 88.6 Å². The first kappa shape index (κ1) is 32.4. The van der Waals surface area contributed by atoms with Crippen LogP contribution in [0.15, 0.2) is 198 Å². The summed E-state index contributed by atoms with van der Waals surface area (Å²) in [4.78, 5) is 10.6. The van der Waals surface area contributed by atoms with Gasteiger partial charge in [0.2, 0.25) is 0 Å². The average Bonchev–Trinajstić information content (AvgIpc) is 3.87. The number of hydrogen-bond acceptors (Lipinski definition) is 5. The van der Waals surface area contributed by atoms with Crippen molar-refractivity contribution in [1.29, 1.82) is 0 Å². The standard InChI is InChI=1S/C53H31N5/c1-4-14-32(15-5-1)38-25-24-37-30-35-20-10-11-21-36(35)31-42(37)46(38)50-51(34-18-8-3-9-19-34)56-58-57-53(50)47-39(33-16-6-2-7-17-33)26-28-44-48(47)49-45(54-44)29-27-41-40-22-12-13-23-43(40)55-52(41)49/h1-31H. The van der Waals surface area contributed by atoms with Crippen molar-refractivity contribution in [3.05, 3.63) is 209 Å². The number of rotatable bonds is 5. The molecule has 0 saturated heterocycles. The first-order valence-corrected chi connectivity index (χ1v) is 19.5. The first-order chi connectivity index (χ1) is 28.8. The van der Waals surface area contributed by atoms with E-state index in [9.17, 15) is 0 Å². The molecule has 0 fully saturated rings. The van der Waals surface area contributed by atoms with E-state index in [2.05, 4.69) is 181 Å². The van der Waals surface area contributed by atoms with Crippen molar-refractivity contribution in [1.82, 2.24) is 15.4 Å². The molecule has 2 aliphatic rings. The topological polar surface area (TPSA) is 63.4 Å². The predicted octanol–water partition coefficient (Wildman–Crippen LogP) is 12.0. The Morgan fingerprint density at radius 1 is 0.328 bits per heavy atom. The van der Waals surface area contributed by atoms with Crippen molar-refractivity contribution < 1.29 is 0 Å². The Bertz CT molecular complexity index is 3550. The molecule has 0 saturated carbocycles. The van der Waals surface area contributed by atoms with Crippen molar-refractivity contribution in [2.24, 2.45) is 9.98 Å². The second kappa shape index (κ2) is 12.8. The summed E-state index contributed by atoms with van der Waals surface area (Å²) in [6.45, 7) is 0. The third-order valence-electron chi connectivity index (χ3n) is 11.6. The Morgan fingerprint density at radius 2 is 0.948 bits per heavy atom. The van der Waals surface area contributed by atoms with Crippen LogP contribution in [0, 0.1) is 10.4 Å². The molecule has 2 aliphatic heterocycles. The summed E-state index contributed by atoms with van der Waals surface area (Å²) in [5.41, 5.74) is 13.5. The number of fused-ring (bicyclic) bond motifs is 8. The molecule has 5 heteroatoms. The molecule has 0 aliphatic carbocycles. The van der Waals surface area contributed by atoms with Crippen LogP contribution in [0.3, 0.4) is 0 Å². The summed E-state index contributed by atoms with van der Waals surface area (Å²) in [6.07, 6.45) is 0. The average molecular weight is 738 g/mol. The molecular formula is C53H31N5. The number of aromatic nitrogens is 3. The van der Waals surface area contributed by atoms with Gasteiger partial charge in [0, 0.05) is 43.8 Å². The monoisotopic (exact) mass is 737 g/mol. The fourth-order valence-corrected chi connectivity index (χ4v) is 9.02. The molecule has 5 nitrogen and oxygen atoms in total. The fraction of sp³-hybridized carbons (Fsp3) is 0. The van der Waals surface area contributed by atoms with Gasteiger partial charge >= 0.3 is 0 Å². The van der Waals surface area contributed by atoms with Crippen LogP contribution >= 0.6 is 0 Å². The highest BCUT2D eigenvalue weighted by Gasteiger charge is 2.31. The van der Waals surface area contributed by atoms with E-state index in [1.807, 2.05) is 12.1 Å². The van der Waals surface area contributed by atoms with Crippen molar-refractivity contribution >= 4 is 32.9 Å². The lowest BCUT2D eigenvalue weighted by Gasteiger charge is -2.22. The van der Waals surface area contributed by atoms with Crippen LogP contribution in [0.2, 0.25) is 0 Å². The zero-order valence-corrected chi connectivity index (χ0v) is 31.1. The number of para-hydroxylation sites is 1. The molecule has 0 N–H and O–H groups in total. The van der Waals surface area contributed by atoms with E-state index in [0.717, 1.165) is 116 Å². The van der Waals surface area contributed by atoms with Crippen LogP contribution in [-0.2, 0) is 0 Å². The largest absolute Gasteiger partial charge is 0.248 e. The Balaban J connectivity index is 1.28. The lowest BCUT2D eigenvalue weighted by atomic mass is 9.82. The lowest BCUT2D eigenvalue weighted by Crippen LogP contribution is -2.05. The van der Waals surface area contributed by atoms with Gasteiger partial charge in [-0.2, -0.15) is 0 Å². The number of nitrogens with zero attached hydrogens (tertiary/aromatic N) is 5. The van der Waals surface area contributed by atoms with Crippen LogP contribution in [0.5, 0.6) is 0 Å². The van der Waals surface area contributed by atoms with E-state index >= 15 is 0 Å². The Morgan fingerprint density at radius 3 is 1.71 bits per heavy atom. The van der Waals surface area contributed by atoms with Crippen molar-refractivity contribution in [3.63, 3.8) is 0 Å². The highest BCUT2D eigenvalue weighted by atomic mass is 15.3. The molecule has 0 radical (unpaired) electrons. The quantitative estimate of drug-likeness (QED) is 0.165. The Labute approximate surface area is 333 Å². The van der Waals surface area contributed by atoms with Crippen LogP contribution in [-0.4, -0.2) is 15.4 Å². The Kier molecular flexibility index (Phi) is 7.16. The van der Waals surface area contributed by atoms with E-state index in [1.54, 1.807) is 0 Å². The maximum Gasteiger partial charge on any atom is 0.106 e. The molecule has 9 aromatic carbocycles. The van der Waals surface area contributed by atoms with Gasteiger partial charge in [-0.25, -0.2) is 9.98 Å². The zero-order valence-electron chi connectivity index (χ0n) is 31.1. The van der Waals surface area contributed by atoms with Crippen molar-refractivity contribution in [3.8, 4) is 67.0 Å². The summed E-state index contributed by atoms with van der Waals surface area (Å²) in [6, 6.07) is 66.3. The maximum absolute atomic E-state index is 5.28. The normalized spacial score (nSPS) is 12.1. The molecule has 0 spiro atoms. The van der Waals surface area contributed by atoms with Crippen LogP contribution in [0.4, 0.5) is 11.4 Å². The van der Waals surface area contributed by atoms with Gasteiger partial charge in [0.1, 0.15) is 11.4 Å². The SMILES string of the molecule is c1ccc(-c2ccc3c(c2-c2nnnc(-c4ccccc4)c2-c2c(-c4ccccc4)ccc4cc5ccccc5cc24)-c2c4c(ccc2=N3)=c2ccccc2=N4)cc1. The lowest BCUT2D eigenvalue weighted by molar-refractivity contribution is 0.879. The van der Waals surface area contributed by atoms with E-state index in [-0.39, 0.29) is 0 Å². The van der Waals surface area contributed by atoms with Crippen molar-refractivity contribution in [2.75, 3.05) is 0 Å². The summed E-state index contributed by atoms with van der Waals surface area (Å²) in [5, 5.41) is 23.4. The molecule has 58 heavy (non-hydrogen) atoms. The molecule has 10 aromatic rings. The minimum absolute atomic E-state index is 0.735. The van der Waals surface area contributed by atoms with Crippen LogP contribution in [0.1, 0.15) is 0 Å². The third-order valence-corrected chi connectivity index (χ3v) is 11.6. The van der Waals surface area contributed by atoms with E-state index < -0.39 is 0 Å².